The van der Waals surface area contributed by atoms with Gasteiger partial charge in [0.15, 0.2) is 0 Å². The van der Waals surface area contributed by atoms with Crippen LogP contribution in [0.4, 0.5) is 5.82 Å². The van der Waals surface area contributed by atoms with Crippen LogP contribution in [0.25, 0.3) is 0 Å². The number of aromatic nitrogens is 2. The van der Waals surface area contributed by atoms with Crippen LogP contribution in [0.1, 0.15) is 37.9 Å². The molecule has 0 aromatic carbocycles. The number of halogens is 1. The lowest BCUT2D eigenvalue weighted by Crippen LogP contribution is -2.34. The topological polar surface area (TPSA) is 29.0 Å². The molecular formula is C13H20BrN3. The van der Waals surface area contributed by atoms with E-state index in [0.717, 1.165) is 30.5 Å². The number of anilines is 1. The Balaban J connectivity index is 2.35. The quantitative estimate of drug-likeness (QED) is 0.800. The summed E-state index contributed by atoms with van der Waals surface area (Å²) >= 11 is 3.53. The minimum Gasteiger partial charge on any atom is -0.353 e. The Morgan fingerprint density at radius 3 is 2.76 bits per heavy atom. The zero-order valence-electron chi connectivity index (χ0n) is 10.6. The van der Waals surface area contributed by atoms with Crippen LogP contribution in [0.5, 0.6) is 0 Å². The molecule has 0 amide bonds. The van der Waals surface area contributed by atoms with Crippen LogP contribution in [0.15, 0.2) is 6.33 Å². The van der Waals surface area contributed by atoms with Crippen molar-refractivity contribution in [3.05, 3.63) is 17.6 Å². The van der Waals surface area contributed by atoms with Gasteiger partial charge < -0.3 is 4.90 Å². The maximum absolute atomic E-state index is 4.53. The smallest absolute Gasteiger partial charge is 0.135 e. The molecule has 0 saturated carbocycles. The lowest BCUT2D eigenvalue weighted by atomic mass is 9.96. The van der Waals surface area contributed by atoms with E-state index in [0.29, 0.717) is 6.04 Å². The summed E-state index contributed by atoms with van der Waals surface area (Å²) in [6.45, 7) is 5.45. The van der Waals surface area contributed by atoms with Crippen LogP contribution in [0.2, 0.25) is 0 Å². The second-order valence-corrected chi connectivity index (χ2v) is 5.60. The maximum Gasteiger partial charge on any atom is 0.135 e. The monoisotopic (exact) mass is 297 g/mol. The van der Waals surface area contributed by atoms with Gasteiger partial charge in [-0.15, -0.1) is 0 Å². The van der Waals surface area contributed by atoms with Gasteiger partial charge in [-0.25, -0.2) is 9.97 Å². The van der Waals surface area contributed by atoms with Crippen LogP contribution in [0.3, 0.4) is 0 Å². The molecule has 1 aliphatic rings. The summed E-state index contributed by atoms with van der Waals surface area (Å²) in [6.07, 6.45) is 6.52. The highest BCUT2D eigenvalue weighted by Gasteiger charge is 2.20. The zero-order valence-corrected chi connectivity index (χ0v) is 12.2. The molecule has 1 aliphatic carbocycles. The maximum atomic E-state index is 4.53. The molecule has 2 rings (SSSR count). The Kier molecular flexibility index (Phi) is 4.37. The zero-order chi connectivity index (χ0) is 12.3. The molecule has 0 radical (unpaired) electrons. The van der Waals surface area contributed by atoms with E-state index in [9.17, 15) is 0 Å². The first kappa shape index (κ1) is 12.8. The molecule has 4 heteroatoms. The Morgan fingerprint density at radius 1 is 1.29 bits per heavy atom. The first-order chi connectivity index (χ1) is 8.24. The Morgan fingerprint density at radius 2 is 2.06 bits per heavy atom. The van der Waals surface area contributed by atoms with Crippen molar-refractivity contribution >= 4 is 21.7 Å². The molecule has 1 aromatic rings. The number of nitrogens with zero attached hydrogens (tertiary/aromatic N) is 3. The average molecular weight is 298 g/mol. The third-order valence-electron chi connectivity index (χ3n) is 3.32. The van der Waals surface area contributed by atoms with E-state index in [1.807, 2.05) is 0 Å². The molecule has 0 unspecified atom stereocenters. The second-order valence-electron chi connectivity index (χ2n) is 4.81. The molecule has 1 heterocycles. The van der Waals surface area contributed by atoms with Crippen LogP contribution in [-0.2, 0) is 12.8 Å². The highest BCUT2D eigenvalue weighted by Crippen LogP contribution is 2.28. The van der Waals surface area contributed by atoms with Gasteiger partial charge in [-0.05, 0) is 39.5 Å². The molecule has 3 nitrogen and oxygen atoms in total. The third kappa shape index (κ3) is 2.79. The predicted molar refractivity (Wildman–Crippen MR) is 75.0 cm³/mol. The lowest BCUT2D eigenvalue weighted by molar-refractivity contribution is 0.639. The summed E-state index contributed by atoms with van der Waals surface area (Å²) in [6, 6.07) is 0.480. The summed E-state index contributed by atoms with van der Waals surface area (Å²) in [5.41, 5.74) is 2.65. The molecule has 0 spiro atoms. The van der Waals surface area contributed by atoms with Gasteiger partial charge in [-0.3, -0.25) is 0 Å². The minimum atomic E-state index is 0.480. The van der Waals surface area contributed by atoms with E-state index < -0.39 is 0 Å². The molecule has 0 aliphatic heterocycles. The van der Waals surface area contributed by atoms with E-state index in [2.05, 4.69) is 44.6 Å². The van der Waals surface area contributed by atoms with Crippen LogP contribution >= 0.6 is 15.9 Å². The fourth-order valence-corrected chi connectivity index (χ4v) is 2.83. The minimum absolute atomic E-state index is 0.480. The summed E-state index contributed by atoms with van der Waals surface area (Å²) < 4.78 is 0. The first-order valence-corrected chi connectivity index (χ1v) is 7.51. The van der Waals surface area contributed by atoms with Gasteiger partial charge in [0.1, 0.15) is 12.1 Å². The lowest BCUT2D eigenvalue weighted by Gasteiger charge is -2.30. The molecule has 0 fully saturated rings. The Labute approximate surface area is 112 Å². The molecule has 17 heavy (non-hydrogen) atoms. The van der Waals surface area contributed by atoms with E-state index in [-0.39, 0.29) is 0 Å². The van der Waals surface area contributed by atoms with Gasteiger partial charge in [0.05, 0.1) is 0 Å². The van der Waals surface area contributed by atoms with Gasteiger partial charge in [0, 0.05) is 29.2 Å². The summed E-state index contributed by atoms with van der Waals surface area (Å²) in [5.74, 6) is 1.16. The van der Waals surface area contributed by atoms with Crippen LogP contribution < -0.4 is 4.90 Å². The van der Waals surface area contributed by atoms with Crippen LogP contribution in [-0.4, -0.2) is 27.9 Å². The van der Waals surface area contributed by atoms with E-state index in [1.165, 1.54) is 24.1 Å². The van der Waals surface area contributed by atoms with Crippen LogP contribution in [0, 0.1) is 0 Å². The van der Waals surface area contributed by atoms with Crippen molar-refractivity contribution in [3.8, 4) is 0 Å². The number of rotatable bonds is 4. The van der Waals surface area contributed by atoms with E-state index in [4.69, 9.17) is 0 Å². The highest BCUT2D eigenvalue weighted by atomic mass is 79.9. The molecule has 94 valence electrons. The summed E-state index contributed by atoms with van der Waals surface area (Å²) in [5, 5.41) is 0.976. The fourth-order valence-electron chi connectivity index (χ4n) is 2.45. The third-order valence-corrected chi connectivity index (χ3v) is 3.68. The van der Waals surface area contributed by atoms with Crippen molar-refractivity contribution in [1.29, 1.82) is 0 Å². The first-order valence-electron chi connectivity index (χ1n) is 6.39. The fraction of sp³-hybridized carbons (Fsp3) is 0.692. The predicted octanol–water partition coefficient (Wildman–Crippen LogP) is 2.97. The summed E-state index contributed by atoms with van der Waals surface area (Å²) in [7, 11) is 0. The molecule has 1 aromatic heterocycles. The molecule has 0 N–H and O–H groups in total. The normalized spacial score (nSPS) is 14.8. The van der Waals surface area contributed by atoms with E-state index >= 15 is 0 Å². The van der Waals surface area contributed by atoms with E-state index in [1.54, 1.807) is 6.33 Å². The number of hydrogen-bond donors (Lipinski definition) is 0. The largest absolute Gasteiger partial charge is 0.353 e. The molecule has 0 atom stereocenters. The number of alkyl halides is 1. The molecule has 0 saturated heterocycles. The SMILES string of the molecule is CC(C)N(CCBr)c1ncnc2c1CCCC2. The standard InChI is InChI=1S/C13H20BrN3/c1-10(2)17(8-7-14)13-11-5-3-4-6-12(11)15-9-16-13/h9-10H,3-8H2,1-2H3. The van der Waals surface area contributed by atoms with Crippen molar-refractivity contribution < 1.29 is 0 Å². The van der Waals surface area contributed by atoms with Crippen molar-refractivity contribution in [2.45, 2.75) is 45.6 Å². The Bertz CT molecular complexity index is 379. The highest BCUT2D eigenvalue weighted by molar-refractivity contribution is 9.09. The van der Waals surface area contributed by atoms with Gasteiger partial charge in [0.25, 0.3) is 0 Å². The van der Waals surface area contributed by atoms with Crippen molar-refractivity contribution in [3.63, 3.8) is 0 Å². The van der Waals surface area contributed by atoms with Gasteiger partial charge in [-0.1, -0.05) is 15.9 Å². The molecular weight excluding hydrogens is 278 g/mol. The number of hydrogen-bond acceptors (Lipinski definition) is 3. The van der Waals surface area contributed by atoms with Gasteiger partial charge >= 0.3 is 0 Å². The Hall–Kier alpha value is -0.640. The van der Waals surface area contributed by atoms with Crippen molar-refractivity contribution in [2.75, 3.05) is 16.8 Å². The number of fused-ring (bicyclic) bond motifs is 1. The number of aryl methyl sites for hydroxylation is 1. The average Bonchev–Trinajstić information content (AvgIpc) is 2.35. The molecule has 0 bridgehead atoms. The van der Waals surface area contributed by atoms with Crippen molar-refractivity contribution in [2.24, 2.45) is 0 Å². The summed E-state index contributed by atoms with van der Waals surface area (Å²) in [4.78, 5) is 11.3. The van der Waals surface area contributed by atoms with Gasteiger partial charge in [0.2, 0.25) is 0 Å². The van der Waals surface area contributed by atoms with Gasteiger partial charge in [-0.2, -0.15) is 0 Å². The van der Waals surface area contributed by atoms with Crippen molar-refractivity contribution in [1.82, 2.24) is 9.97 Å². The second kappa shape index (κ2) is 5.80.